The van der Waals surface area contributed by atoms with Crippen molar-refractivity contribution in [1.29, 1.82) is 0 Å². The van der Waals surface area contributed by atoms with E-state index in [9.17, 15) is 0 Å². The van der Waals surface area contributed by atoms with Gasteiger partial charge in [0.25, 0.3) is 0 Å². The maximum Gasteiger partial charge on any atom is 0.0443 e. The number of aliphatic hydroxyl groups is 1. The first-order valence-electron chi connectivity index (χ1n) is 5.94. The number of hydrogen-bond acceptors (Lipinski definition) is 3. The number of aliphatic hydroxyl groups excluding tert-OH is 1. The molecule has 1 saturated heterocycles. The van der Waals surface area contributed by atoms with Crippen molar-refractivity contribution >= 4 is 0 Å². The lowest BCUT2D eigenvalue weighted by molar-refractivity contribution is 0.152. The van der Waals surface area contributed by atoms with Crippen LogP contribution in [-0.2, 0) is 0 Å². The summed E-state index contributed by atoms with van der Waals surface area (Å²) in [5.74, 6) is 0. The SMILES string of the molecule is CCN1CCCCC1CNCCCO. The lowest BCUT2D eigenvalue weighted by Gasteiger charge is -2.35. The van der Waals surface area contributed by atoms with Crippen LogP contribution in [0.2, 0.25) is 0 Å². The van der Waals surface area contributed by atoms with Crippen molar-refractivity contribution in [3.8, 4) is 0 Å². The van der Waals surface area contributed by atoms with Gasteiger partial charge in [0.1, 0.15) is 0 Å². The van der Waals surface area contributed by atoms with Crippen molar-refractivity contribution in [1.82, 2.24) is 10.2 Å². The average Bonchev–Trinajstić information content (AvgIpc) is 2.25. The third-order valence-electron chi connectivity index (χ3n) is 3.05. The fourth-order valence-electron chi connectivity index (χ4n) is 2.18. The molecule has 1 rings (SSSR count). The van der Waals surface area contributed by atoms with E-state index in [2.05, 4.69) is 17.1 Å². The zero-order valence-electron chi connectivity index (χ0n) is 9.34. The van der Waals surface area contributed by atoms with Crippen molar-refractivity contribution < 1.29 is 5.11 Å². The molecule has 1 unspecified atom stereocenters. The molecule has 1 heterocycles. The Morgan fingerprint density at radius 2 is 2.29 bits per heavy atom. The largest absolute Gasteiger partial charge is 0.396 e. The molecule has 0 aliphatic carbocycles. The minimum atomic E-state index is 0.301. The molecule has 3 nitrogen and oxygen atoms in total. The first-order valence-corrected chi connectivity index (χ1v) is 5.94. The van der Waals surface area contributed by atoms with Crippen molar-refractivity contribution in [2.75, 3.05) is 32.8 Å². The molecule has 0 aromatic heterocycles. The first-order chi connectivity index (χ1) is 6.88. The van der Waals surface area contributed by atoms with Gasteiger partial charge in [-0.05, 0) is 38.9 Å². The van der Waals surface area contributed by atoms with Crippen LogP contribution in [-0.4, -0.2) is 48.8 Å². The zero-order valence-corrected chi connectivity index (χ0v) is 9.34. The van der Waals surface area contributed by atoms with Crippen LogP contribution >= 0.6 is 0 Å². The molecule has 0 aromatic carbocycles. The van der Waals surface area contributed by atoms with Gasteiger partial charge in [-0.2, -0.15) is 0 Å². The summed E-state index contributed by atoms with van der Waals surface area (Å²) in [5, 5.41) is 12.1. The molecule has 0 spiro atoms. The van der Waals surface area contributed by atoms with Gasteiger partial charge in [0.15, 0.2) is 0 Å². The van der Waals surface area contributed by atoms with Gasteiger partial charge in [-0.1, -0.05) is 13.3 Å². The van der Waals surface area contributed by atoms with E-state index in [1.807, 2.05) is 0 Å². The lowest BCUT2D eigenvalue weighted by atomic mass is 10.0. The van der Waals surface area contributed by atoms with E-state index < -0.39 is 0 Å². The maximum atomic E-state index is 8.65. The summed E-state index contributed by atoms with van der Waals surface area (Å²) in [6, 6.07) is 0.729. The quantitative estimate of drug-likeness (QED) is 0.624. The molecule has 0 amide bonds. The lowest BCUT2D eigenvalue weighted by Crippen LogP contribution is -2.45. The van der Waals surface area contributed by atoms with E-state index in [4.69, 9.17) is 5.11 Å². The summed E-state index contributed by atoms with van der Waals surface area (Å²) >= 11 is 0. The Labute approximate surface area is 87.5 Å². The van der Waals surface area contributed by atoms with Crippen molar-refractivity contribution in [2.24, 2.45) is 0 Å². The highest BCUT2D eigenvalue weighted by molar-refractivity contribution is 4.77. The fraction of sp³-hybridized carbons (Fsp3) is 1.00. The number of hydrogen-bond donors (Lipinski definition) is 2. The first kappa shape index (κ1) is 12.0. The Balaban J connectivity index is 2.13. The second kappa shape index (κ2) is 7.21. The van der Waals surface area contributed by atoms with Crippen molar-refractivity contribution in [3.63, 3.8) is 0 Å². The maximum absolute atomic E-state index is 8.65. The molecule has 0 radical (unpaired) electrons. The average molecular weight is 200 g/mol. The molecule has 84 valence electrons. The molecule has 0 bridgehead atoms. The summed E-state index contributed by atoms with van der Waals surface area (Å²) in [4.78, 5) is 2.56. The Bertz CT molecular complexity index is 141. The Morgan fingerprint density at radius 1 is 1.43 bits per heavy atom. The van der Waals surface area contributed by atoms with E-state index in [-0.39, 0.29) is 0 Å². The van der Waals surface area contributed by atoms with Crippen LogP contribution in [0.1, 0.15) is 32.6 Å². The summed E-state index contributed by atoms with van der Waals surface area (Å²) in [6.45, 7) is 7.02. The highest BCUT2D eigenvalue weighted by atomic mass is 16.3. The van der Waals surface area contributed by atoms with Gasteiger partial charge in [0, 0.05) is 19.2 Å². The predicted octanol–water partition coefficient (Wildman–Crippen LogP) is 0.833. The molecule has 3 heteroatoms. The fourth-order valence-corrected chi connectivity index (χ4v) is 2.18. The molecular weight excluding hydrogens is 176 g/mol. The topological polar surface area (TPSA) is 35.5 Å². The van der Waals surface area contributed by atoms with Crippen molar-refractivity contribution in [3.05, 3.63) is 0 Å². The van der Waals surface area contributed by atoms with Crippen LogP contribution in [0.15, 0.2) is 0 Å². The smallest absolute Gasteiger partial charge is 0.0443 e. The van der Waals surface area contributed by atoms with Gasteiger partial charge in [-0.15, -0.1) is 0 Å². The van der Waals surface area contributed by atoms with Gasteiger partial charge in [0.05, 0.1) is 0 Å². The van der Waals surface area contributed by atoms with Gasteiger partial charge < -0.3 is 10.4 Å². The van der Waals surface area contributed by atoms with Gasteiger partial charge in [0.2, 0.25) is 0 Å². The summed E-state index contributed by atoms with van der Waals surface area (Å²) in [6.07, 6.45) is 4.95. The van der Waals surface area contributed by atoms with Crippen LogP contribution in [0.4, 0.5) is 0 Å². The Kier molecular flexibility index (Phi) is 6.15. The highest BCUT2D eigenvalue weighted by Gasteiger charge is 2.19. The van der Waals surface area contributed by atoms with Gasteiger partial charge in [-0.25, -0.2) is 0 Å². The van der Waals surface area contributed by atoms with Crippen LogP contribution in [0.25, 0.3) is 0 Å². The summed E-state index contributed by atoms with van der Waals surface area (Å²) in [5.41, 5.74) is 0. The normalized spacial score (nSPS) is 24.0. The standard InChI is InChI=1S/C11H24N2O/c1-2-13-8-4-3-6-11(13)10-12-7-5-9-14/h11-12,14H,2-10H2,1H3. The van der Waals surface area contributed by atoms with E-state index in [1.165, 1.54) is 32.4 Å². The molecule has 2 N–H and O–H groups in total. The highest BCUT2D eigenvalue weighted by Crippen LogP contribution is 2.15. The molecule has 1 fully saturated rings. The van der Waals surface area contributed by atoms with Gasteiger partial charge in [-0.3, -0.25) is 4.90 Å². The van der Waals surface area contributed by atoms with E-state index >= 15 is 0 Å². The molecule has 1 aliphatic rings. The molecule has 1 atom stereocenters. The summed E-state index contributed by atoms with van der Waals surface area (Å²) < 4.78 is 0. The molecular formula is C11H24N2O. The summed E-state index contributed by atoms with van der Waals surface area (Å²) in [7, 11) is 0. The van der Waals surface area contributed by atoms with E-state index in [0.717, 1.165) is 25.6 Å². The number of likely N-dealkylation sites (N-methyl/N-ethyl adjacent to an activating group) is 1. The number of rotatable bonds is 6. The monoisotopic (exact) mass is 200 g/mol. The number of nitrogens with zero attached hydrogens (tertiary/aromatic N) is 1. The van der Waals surface area contributed by atoms with E-state index in [1.54, 1.807) is 0 Å². The van der Waals surface area contributed by atoms with Crippen LogP contribution in [0, 0.1) is 0 Å². The van der Waals surface area contributed by atoms with Crippen LogP contribution in [0.5, 0.6) is 0 Å². The van der Waals surface area contributed by atoms with Crippen LogP contribution in [0.3, 0.4) is 0 Å². The minimum absolute atomic E-state index is 0.301. The third-order valence-corrected chi connectivity index (χ3v) is 3.05. The second-order valence-electron chi connectivity index (χ2n) is 4.06. The molecule has 1 aliphatic heterocycles. The Morgan fingerprint density at radius 3 is 3.00 bits per heavy atom. The zero-order chi connectivity index (χ0) is 10.2. The Hall–Kier alpha value is -0.120. The third kappa shape index (κ3) is 3.95. The number of likely N-dealkylation sites (tertiary alicyclic amines) is 1. The molecule has 0 aromatic rings. The molecule has 0 saturated carbocycles. The number of piperidine rings is 1. The predicted molar refractivity (Wildman–Crippen MR) is 59.5 cm³/mol. The van der Waals surface area contributed by atoms with Crippen LogP contribution < -0.4 is 5.32 Å². The number of nitrogens with one attached hydrogen (secondary N) is 1. The van der Waals surface area contributed by atoms with Gasteiger partial charge >= 0.3 is 0 Å². The van der Waals surface area contributed by atoms with Crippen molar-refractivity contribution in [2.45, 2.75) is 38.6 Å². The molecule has 14 heavy (non-hydrogen) atoms. The van der Waals surface area contributed by atoms with E-state index in [0.29, 0.717) is 6.61 Å². The second-order valence-corrected chi connectivity index (χ2v) is 4.06. The minimum Gasteiger partial charge on any atom is -0.396 e.